The number of hydrogen-bond donors (Lipinski definition) is 1. The minimum absolute atomic E-state index is 0.0363. The number of aromatic nitrogens is 1. The Kier molecular flexibility index (Phi) is 2.88. The number of fused-ring (bicyclic) bond motifs is 1. The lowest BCUT2D eigenvalue weighted by Crippen LogP contribution is -2.07. The molecule has 0 radical (unpaired) electrons. The van der Waals surface area contributed by atoms with Gasteiger partial charge in [0.1, 0.15) is 0 Å². The molecule has 2 aromatic rings. The number of rotatable bonds is 2. The number of nitrogens with one attached hydrogen (secondary N) is 1. The van der Waals surface area contributed by atoms with E-state index in [0.29, 0.717) is 6.42 Å². The maximum Gasteiger partial charge on any atom is 0.165 e. The fraction of sp³-hybridized carbons (Fsp3) is 0.143. The first-order chi connectivity index (χ1) is 8.74. The van der Waals surface area contributed by atoms with Crippen LogP contribution in [0.4, 0.5) is 5.69 Å². The molecule has 90 valence electrons. The van der Waals surface area contributed by atoms with Crippen LogP contribution in [0.5, 0.6) is 0 Å². The predicted octanol–water partition coefficient (Wildman–Crippen LogP) is 3.58. The number of carbonyl (C=O) groups excluding carboxylic acids is 1. The molecule has 18 heavy (non-hydrogen) atoms. The molecule has 0 amide bonds. The van der Waals surface area contributed by atoms with E-state index in [-0.39, 0.29) is 11.8 Å². The first kappa shape index (κ1) is 11.4. The number of ketones is 1. The number of pyridine rings is 1. The molecule has 1 heterocycles. The Balaban J connectivity index is 1.93. The van der Waals surface area contributed by atoms with Gasteiger partial charge in [-0.05, 0) is 35.9 Å². The average molecular weight is 303 g/mol. The van der Waals surface area contributed by atoms with Crippen molar-refractivity contribution in [1.82, 2.24) is 4.98 Å². The van der Waals surface area contributed by atoms with Crippen molar-refractivity contribution in [3.63, 3.8) is 0 Å². The van der Waals surface area contributed by atoms with Gasteiger partial charge in [-0.2, -0.15) is 0 Å². The van der Waals surface area contributed by atoms with Crippen molar-refractivity contribution in [3.8, 4) is 0 Å². The van der Waals surface area contributed by atoms with Gasteiger partial charge < -0.3 is 5.32 Å². The highest BCUT2D eigenvalue weighted by Gasteiger charge is 2.29. The standard InChI is InChI=1S/C14H11BrN2O/c15-9-3-4-11-12(6-9)13(7-14(11)18)17-10-2-1-5-16-8-10/h1-6,8,13,17H,7H2. The Hall–Kier alpha value is -1.68. The van der Waals surface area contributed by atoms with Gasteiger partial charge in [-0.25, -0.2) is 0 Å². The summed E-state index contributed by atoms with van der Waals surface area (Å²) in [5, 5.41) is 3.35. The van der Waals surface area contributed by atoms with Gasteiger partial charge in [0.2, 0.25) is 0 Å². The van der Waals surface area contributed by atoms with Gasteiger partial charge in [-0.1, -0.05) is 15.9 Å². The van der Waals surface area contributed by atoms with Crippen molar-refractivity contribution in [2.24, 2.45) is 0 Å². The lowest BCUT2D eigenvalue weighted by atomic mass is 10.1. The summed E-state index contributed by atoms with van der Waals surface area (Å²) >= 11 is 3.45. The topological polar surface area (TPSA) is 42.0 Å². The molecule has 1 aliphatic rings. The highest BCUT2D eigenvalue weighted by molar-refractivity contribution is 9.10. The smallest absolute Gasteiger partial charge is 0.165 e. The lowest BCUT2D eigenvalue weighted by Gasteiger charge is -2.14. The van der Waals surface area contributed by atoms with E-state index in [1.165, 1.54) is 0 Å². The summed E-state index contributed by atoms with van der Waals surface area (Å²) in [5.41, 5.74) is 2.81. The molecular formula is C14H11BrN2O. The lowest BCUT2D eigenvalue weighted by molar-refractivity contribution is 0.0990. The van der Waals surface area contributed by atoms with Crippen LogP contribution >= 0.6 is 15.9 Å². The van der Waals surface area contributed by atoms with Gasteiger partial charge in [0, 0.05) is 28.9 Å². The molecule has 0 spiro atoms. The molecule has 4 heteroatoms. The Labute approximate surface area is 113 Å². The highest BCUT2D eigenvalue weighted by Crippen LogP contribution is 2.35. The van der Waals surface area contributed by atoms with Crippen molar-refractivity contribution < 1.29 is 4.79 Å². The number of benzene rings is 1. The van der Waals surface area contributed by atoms with Gasteiger partial charge in [0.25, 0.3) is 0 Å². The molecule has 0 saturated heterocycles. The summed E-state index contributed by atoms with van der Waals surface area (Å²) in [4.78, 5) is 16.0. The third kappa shape index (κ3) is 2.04. The quantitative estimate of drug-likeness (QED) is 0.922. The van der Waals surface area contributed by atoms with E-state index in [9.17, 15) is 4.79 Å². The van der Waals surface area contributed by atoms with Gasteiger partial charge >= 0.3 is 0 Å². The number of Topliss-reactive ketones (excluding diaryl/α,β-unsaturated/α-hetero) is 1. The van der Waals surface area contributed by atoms with Crippen LogP contribution in [-0.4, -0.2) is 10.8 Å². The van der Waals surface area contributed by atoms with E-state index in [2.05, 4.69) is 26.2 Å². The maximum absolute atomic E-state index is 11.9. The van der Waals surface area contributed by atoms with Gasteiger partial charge in [0.05, 0.1) is 11.7 Å². The zero-order valence-electron chi connectivity index (χ0n) is 9.56. The van der Waals surface area contributed by atoms with Crippen molar-refractivity contribution in [3.05, 3.63) is 58.3 Å². The molecule has 1 N–H and O–H groups in total. The number of nitrogens with zero attached hydrogens (tertiary/aromatic N) is 1. The number of carbonyl (C=O) groups is 1. The van der Waals surface area contributed by atoms with Crippen molar-refractivity contribution in [2.75, 3.05) is 5.32 Å². The van der Waals surface area contributed by atoms with E-state index in [4.69, 9.17) is 0 Å². The highest BCUT2D eigenvalue weighted by atomic mass is 79.9. The molecular weight excluding hydrogens is 292 g/mol. The van der Waals surface area contributed by atoms with Crippen LogP contribution in [0.15, 0.2) is 47.2 Å². The fourth-order valence-corrected chi connectivity index (χ4v) is 2.64. The average Bonchev–Trinajstić information content (AvgIpc) is 2.67. The van der Waals surface area contributed by atoms with E-state index in [1.807, 2.05) is 30.3 Å². The molecule has 0 aliphatic heterocycles. The summed E-state index contributed by atoms with van der Waals surface area (Å²) in [6.45, 7) is 0. The van der Waals surface area contributed by atoms with E-state index < -0.39 is 0 Å². The van der Waals surface area contributed by atoms with Crippen LogP contribution in [0.1, 0.15) is 28.4 Å². The molecule has 0 bridgehead atoms. The van der Waals surface area contributed by atoms with Crippen LogP contribution in [0.25, 0.3) is 0 Å². The first-order valence-electron chi connectivity index (χ1n) is 5.73. The minimum Gasteiger partial charge on any atom is -0.377 e. The Morgan fingerprint density at radius 2 is 2.22 bits per heavy atom. The third-order valence-corrected chi connectivity index (χ3v) is 3.57. The molecule has 1 unspecified atom stereocenters. The molecule has 3 rings (SSSR count). The SMILES string of the molecule is O=C1CC(Nc2cccnc2)c2cc(Br)ccc21. The van der Waals surface area contributed by atoms with Gasteiger partial charge in [-0.3, -0.25) is 9.78 Å². The second-order valence-corrected chi connectivity index (χ2v) is 5.21. The summed E-state index contributed by atoms with van der Waals surface area (Å²) in [6, 6.07) is 9.66. The zero-order chi connectivity index (χ0) is 12.5. The van der Waals surface area contributed by atoms with Gasteiger partial charge in [-0.15, -0.1) is 0 Å². The van der Waals surface area contributed by atoms with Crippen molar-refractivity contribution in [2.45, 2.75) is 12.5 Å². The Morgan fingerprint density at radius 1 is 1.33 bits per heavy atom. The number of hydrogen-bond acceptors (Lipinski definition) is 3. The largest absolute Gasteiger partial charge is 0.377 e. The summed E-state index contributed by atoms with van der Waals surface area (Å²) in [6.07, 6.45) is 4.00. The fourth-order valence-electron chi connectivity index (χ4n) is 2.26. The van der Waals surface area contributed by atoms with Gasteiger partial charge in [0.15, 0.2) is 5.78 Å². The van der Waals surface area contributed by atoms with Crippen molar-refractivity contribution >= 4 is 27.4 Å². The second-order valence-electron chi connectivity index (χ2n) is 4.30. The molecule has 0 saturated carbocycles. The Bertz CT molecular complexity index is 598. The molecule has 1 aromatic carbocycles. The second kappa shape index (κ2) is 4.53. The molecule has 1 aliphatic carbocycles. The summed E-state index contributed by atoms with van der Waals surface area (Å²) in [5.74, 6) is 0.193. The van der Waals surface area contributed by atoms with Crippen LogP contribution < -0.4 is 5.32 Å². The molecule has 3 nitrogen and oxygen atoms in total. The summed E-state index contributed by atoms with van der Waals surface area (Å²) in [7, 11) is 0. The minimum atomic E-state index is 0.0363. The number of halogens is 1. The van der Waals surface area contributed by atoms with Crippen LogP contribution in [0, 0.1) is 0 Å². The van der Waals surface area contributed by atoms with Crippen molar-refractivity contribution in [1.29, 1.82) is 0 Å². The maximum atomic E-state index is 11.9. The normalized spacial score (nSPS) is 17.6. The van der Waals surface area contributed by atoms with Crippen LogP contribution in [0.3, 0.4) is 0 Å². The monoisotopic (exact) mass is 302 g/mol. The third-order valence-electron chi connectivity index (χ3n) is 3.08. The van der Waals surface area contributed by atoms with E-state index in [0.717, 1.165) is 21.3 Å². The predicted molar refractivity (Wildman–Crippen MR) is 73.7 cm³/mol. The zero-order valence-corrected chi connectivity index (χ0v) is 11.1. The Morgan fingerprint density at radius 3 is 3.00 bits per heavy atom. The number of anilines is 1. The molecule has 1 aromatic heterocycles. The van der Waals surface area contributed by atoms with Crippen LogP contribution in [0.2, 0.25) is 0 Å². The van der Waals surface area contributed by atoms with Crippen LogP contribution in [-0.2, 0) is 0 Å². The summed E-state index contributed by atoms with van der Waals surface area (Å²) < 4.78 is 0.994. The first-order valence-corrected chi connectivity index (χ1v) is 6.52. The molecule has 0 fully saturated rings. The van der Waals surface area contributed by atoms with E-state index >= 15 is 0 Å². The van der Waals surface area contributed by atoms with E-state index in [1.54, 1.807) is 12.4 Å². The molecule has 1 atom stereocenters.